The summed E-state index contributed by atoms with van der Waals surface area (Å²) < 4.78 is 5.17. The second-order valence-corrected chi connectivity index (χ2v) is 8.43. The first-order valence-electron chi connectivity index (χ1n) is 10.5. The highest BCUT2D eigenvalue weighted by atomic mass is 35.5. The summed E-state index contributed by atoms with van der Waals surface area (Å²) in [6, 6.07) is 16.6. The zero-order valence-electron chi connectivity index (χ0n) is 18.4. The van der Waals surface area contributed by atoms with Crippen LogP contribution in [0.3, 0.4) is 0 Å². The van der Waals surface area contributed by atoms with Crippen LogP contribution in [0.4, 0.5) is 5.82 Å². The lowest BCUT2D eigenvalue weighted by atomic mass is 9.93. The normalized spacial score (nSPS) is 17.6. The first kappa shape index (κ1) is 22.6. The number of Topliss-reactive ketones (excluding diaryl/α,β-unsaturated/α-hetero) is 1. The van der Waals surface area contributed by atoms with E-state index in [0.717, 1.165) is 5.56 Å². The van der Waals surface area contributed by atoms with Crippen molar-refractivity contribution in [3.05, 3.63) is 94.1 Å². The number of rotatable bonds is 5. The highest BCUT2D eigenvalue weighted by molar-refractivity contribution is 6.51. The molecule has 3 aromatic rings. The Labute approximate surface area is 197 Å². The number of anilines is 1. The highest BCUT2D eigenvalue weighted by Crippen LogP contribution is 2.42. The first-order chi connectivity index (χ1) is 15.8. The fraction of sp³-hybridized carbons (Fsp3) is 0.192. The summed E-state index contributed by atoms with van der Waals surface area (Å²) in [6.07, 6.45) is 1.55. The Bertz CT molecular complexity index is 1240. The van der Waals surface area contributed by atoms with E-state index in [4.69, 9.17) is 16.3 Å². The molecule has 0 saturated carbocycles. The number of pyridine rings is 1. The Balaban J connectivity index is 1.91. The molecule has 1 N–H and O–H groups in total. The molecule has 1 aliphatic rings. The van der Waals surface area contributed by atoms with E-state index in [2.05, 4.69) is 18.8 Å². The average molecular weight is 463 g/mol. The van der Waals surface area contributed by atoms with Crippen molar-refractivity contribution in [1.82, 2.24) is 4.98 Å². The summed E-state index contributed by atoms with van der Waals surface area (Å²) >= 11 is 6.24. The molecule has 0 bridgehead atoms. The number of benzene rings is 2. The SMILES string of the molecule is COc1ccc(/C(O)=C2\C(=O)C(=O)N(c3ccccn3)[C@@H]2c2ccc(C(C)C)cc2)cc1Cl. The van der Waals surface area contributed by atoms with Crippen molar-refractivity contribution in [3.63, 3.8) is 0 Å². The maximum atomic E-state index is 13.2. The van der Waals surface area contributed by atoms with Crippen LogP contribution in [0.2, 0.25) is 5.02 Å². The molecule has 168 valence electrons. The van der Waals surface area contributed by atoms with Gasteiger partial charge in [0.25, 0.3) is 5.78 Å². The van der Waals surface area contributed by atoms with Gasteiger partial charge in [0.1, 0.15) is 17.3 Å². The number of aromatic nitrogens is 1. The van der Waals surface area contributed by atoms with Crippen molar-refractivity contribution in [3.8, 4) is 5.75 Å². The van der Waals surface area contributed by atoms with Gasteiger partial charge < -0.3 is 9.84 Å². The fourth-order valence-corrected chi connectivity index (χ4v) is 4.17. The molecular formula is C26H23ClN2O4. The maximum absolute atomic E-state index is 13.2. The second kappa shape index (κ2) is 9.08. The molecule has 1 saturated heterocycles. The Morgan fingerprint density at radius 1 is 1.09 bits per heavy atom. The minimum Gasteiger partial charge on any atom is -0.507 e. The van der Waals surface area contributed by atoms with Crippen molar-refractivity contribution in [2.75, 3.05) is 12.0 Å². The molecule has 1 atom stereocenters. The summed E-state index contributed by atoms with van der Waals surface area (Å²) in [4.78, 5) is 31.9. The molecule has 2 heterocycles. The number of halogens is 1. The predicted molar refractivity (Wildman–Crippen MR) is 128 cm³/mol. The van der Waals surface area contributed by atoms with Gasteiger partial charge in [-0.2, -0.15) is 0 Å². The minimum absolute atomic E-state index is 0.0239. The summed E-state index contributed by atoms with van der Waals surface area (Å²) in [7, 11) is 1.49. The number of methoxy groups -OCH3 is 1. The standard InChI is InChI=1S/C26H23ClN2O4/c1-15(2)16-7-9-17(10-8-16)23-22(24(30)18-11-12-20(33-3)19(27)14-18)25(31)26(32)29(23)21-6-4-5-13-28-21/h4-15,23,30H,1-3H3/b24-22+/t23-/m1/s1. The van der Waals surface area contributed by atoms with Crippen molar-refractivity contribution >= 4 is 34.9 Å². The van der Waals surface area contributed by atoms with Crippen LogP contribution in [0.1, 0.15) is 42.5 Å². The molecule has 2 aromatic carbocycles. The van der Waals surface area contributed by atoms with Crippen molar-refractivity contribution in [2.45, 2.75) is 25.8 Å². The lowest BCUT2D eigenvalue weighted by Gasteiger charge is -2.24. The number of carbonyl (C=O) groups is 2. The monoisotopic (exact) mass is 462 g/mol. The number of hydrogen-bond donors (Lipinski definition) is 1. The molecule has 33 heavy (non-hydrogen) atoms. The number of ether oxygens (including phenoxy) is 1. The van der Waals surface area contributed by atoms with E-state index in [1.54, 1.807) is 36.5 Å². The fourth-order valence-electron chi connectivity index (χ4n) is 3.91. The van der Waals surface area contributed by atoms with Crippen LogP contribution in [0.25, 0.3) is 5.76 Å². The molecule has 0 unspecified atom stereocenters. The van der Waals surface area contributed by atoms with Gasteiger partial charge in [-0.1, -0.05) is 55.8 Å². The van der Waals surface area contributed by atoms with Crippen molar-refractivity contribution < 1.29 is 19.4 Å². The van der Waals surface area contributed by atoms with Crippen LogP contribution in [-0.2, 0) is 9.59 Å². The van der Waals surface area contributed by atoms with Gasteiger partial charge in [-0.05, 0) is 47.4 Å². The minimum atomic E-state index is -0.845. The Morgan fingerprint density at radius 2 is 1.82 bits per heavy atom. The summed E-state index contributed by atoms with van der Waals surface area (Å²) in [5.74, 6) is -0.778. The third kappa shape index (κ3) is 4.10. The van der Waals surface area contributed by atoms with Crippen molar-refractivity contribution in [1.29, 1.82) is 0 Å². The molecule has 7 heteroatoms. The second-order valence-electron chi connectivity index (χ2n) is 8.03. The third-order valence-electron chi connectivity index (χ3n) is 5.68. The third-order valence-corrected chi connectivity index (χ3v) is 5.98. The molecule has 0 radical (unpaired) electrons. The van der Waals surface area contributed by atoms with Crippen LogP contribution >= 0.6 is 11.6 Å². The van der Waals surface area contributed by atoms with E-state index in [-0.39, 0.29) is 16.4 Å². The highest BCUT2D eigenvalue weighted by Gasteiger charge is 2.47. The van der Waals surface area contributed by atoms with Gasteiger partial charge in [0.15, 0.2) is 0 Å². The molecule has 6 nitrogen and oxygen atoms in total. The number of ketones is 1. The van der Waals surface area contributed by atoms with Gasteiger partial charge in [0.05, 0.1) is 23.7 Å². The summed E-state index contributed by atoms with van der Waals surface area (Å²) in [6.45, 7) is 4.17. The molecular weight excluding hydrogens is 440 g/mol. The summed E-state index contributed by atoms with van der Waals surface area (Å²) in [5.41, 5.74) is 2.09. The van der Waals surface area contributed by atoms with Crippen LogP contribution in [0.15, 0.2) is 72.4 Å². The zero-order valence-corrected chi connectivity index (χ0v) is 19.2. The lowest BCUT2D eigenvalue weighted by molar-refractivity contribution is -0.132. The zero-order chi connectivity index (χ0) is 23.7. The Morgan fingerprint density at radius 3 is 2.39 bits per heavy atom. The van der Waals surface area contributed by atoms with E-state index in [1.165, 1.54) is 18.1 Å². The van der Waals surface area contributed by atoms with E-state index in [9.17, 15) is 14.7 Å². The topological polar surface area (TPSA) is 79.7 Å². The molecule has 1 fully saturated rings. The smallest absolute Gasteiger partial charge is 0.301 e. The van der Waals surface area contributed by atoms with Crippen LogP contribution < -0.4 is 9.64 Å². The quantitative estimate of drug-likeness (QED) is 0.308. The van der Waals surface area contributed by atoms with Gasteiger partial charge in [-0.25, -0.2) is 4.98 Å². The van der Waals surface area contributed by atoms with Crippen LogP contribution in [-0.4, -0.2) is 28.9 Å². The van der Waals surface area contributed by atoms with Gasteiger partial charge in [-0.3, -0.25) is 14.5 Å². The molecule has 1 aromatic heterocycles. The van der Waals surface area contributed by atoms with E-state index < -0.39 is 17.7 Å². The first-order valence-corrected chi connectivity index (χ1v) is 10.9. The number of aliphatic hydroxyl groups is 1. The molecule has 1 aliphatic heterocycles. The number of amides is 1. The Hall–Kier alpha value is -3.64. The number of aliphatic hydroxyl groups excluding tert-OH is 1. The Kier molecular flexibility index (Phi) is 6.20. The summed E-state index contributed by atoms with van der Waals surface area (Å²) in [5, 5.41) is 11.5. The largest absolute Gasteiger partial charge is 0.507 e. The molecule has 1 amide bonds. The van der Waals surface area contributed by atoms with Crippen molar-refractivity contribution in [2.24, 2.45) is 0 Å². The average Bonchev–Trinajstić information content (AvgIpc) is 3.09. The lowest BCUT2D eigenvalue weighted by Crippen LogP contribution is -2.30. The van der Waals surface area contributed by atoms with Crippen LogP contribution in [0, 0.1) is 0 Å². The van der Waals surface area contributed by atoms with E-state index in [1.807, 2.05) is 24.3 Å². The molecule has 0 aliphatic carbocycles. The number of nitrogens with zero attached hydrogens (tertiary/aromatic N) is 2. The van der Waals surface area contributed by atoms with Gasteiger partial charge >= 0.3 is 5.91 Å². The molecule has 4 rings (SSSR count). The number of carbonyl (C=O) groups excluding carboxylic acids is 2. The number of hydrogen-bond acceptors (Lipinski definition) is 5. The predicted octanol–water partition coefficient (Wildman–Crippen LogP) is 5.49. The van der Waals surface area contributed by atoms with Crippen LogP contribution in [0.5, 0.6) is 5.75 Å². The maximum Gasteiger partial charge on any atom is 0.301 e. The van der Waals surface area contributed by atoms with Gasteiger partial charge in [-0.15, -0.1) is 0 Å². The van der Waals surface area contributed by atoms with Gasteiger partial charge in [0, 0.05) is 11.8 Å². The van der Waals surface area contributed by atoms with E-state index >= 15 is 0 Å². The van der Waals surface area contributed by atoms with E-state index in [0.29, 0.717) is 28.6 Å². The molecule has 0 spiro atoms. The van der Waals surface area contributed by atoms with Gasteiger partial charge in [0.2, 0.25) is 0 Å².